The van der Waals surface area contributed by atoms with Crippen molar-refractivity contribution in [3.8, 4) is 0 Å². The highest BCUT2D eigenvalue weighted by Crippen LogP contribution is 2.47. The molecule has 0 N–H and O–H groups in total. The minimum Gasteiger partial charge on any atom is -0.306 e. The van der Waals surface area contributed by atoms with Crippen LogP contribution in [-0.4, -0.2) is 0 Å². The fourth-order valence-electron chi connectivity index (χ4n) is 3.54. The summed E-state index contributed by atoms with van der Waals surface area (Å²) in [5.74, 6) is 0. The van der Waals surface area contributed by atoms with Crippen molar-refractivity contribution in [3.63, 3.8) is 0 Å². The molecule has 0 atom stereocenters. The first-order valence-electron chi connectivity index (χ1n) is 8.65. The number of hydrogen-bond donors (Lipinski definition) is 0. The van der Waals surface area contributed by atoms with Gasteiger partial charge < -0.3 is 9.80 Å². The molecule has 0 unspecified atom stereocenters. The molecule has 1 heterocycles. The topological polar surface area (TPSA) is 6.48 Å². The van der Waals surface area contributed by atoms with Crippen LogP contribution in [0.5, 0.6) is 0 Å². The third-order valence-electron chi connectivity index (χ3n) is 4.64. The van der Waals surface area contributed by atoms with Crippen molar-refractivity contribution < 1.29 is 0 Å². The van der Waals surface area contributed by atoms with Gasteiger partial charge in [0.05, 0.1) is 22.8 Å². The third-order valence-corrected chi connectivity index (χ3v) is 4.64. The molecule has 2 aliphatic rings. The second-order valence-corrected chi connectivity index (χ2v) is 6.18. The fraction of sp³-hybridized carbons (Fsp3) is 0. The molecule has 0 fully saturated rings. The van der Waals surface area contributed by atoms with Crippen LogP contribution < -0.4 is 9.80 Å². The van der Waals surface area contributed by atoms with Gasteiger partial charge in [-0.05, 0) is 36.4 Å². The van der Waals surface area contributed by atoms with E-state index in [1.807, 2.05) is 24.3 Å². The van der Waals surface area contributed by atoms with E-state index in [-0.39, 0.29) is 0 Å². The molecule has 3 aromatic rings. The summed E-state index contributed by atoms with van der Waals surface area (Å²) in [6, 6.07) is 29.4. The van der Waals surface area contributed by atoms with E-state index in [1.54, 1.807) is 0 Å². The molecule has 0 aromatic heterocycles. The van der Waals surface area contributed by atoms with E-state index < -0.39 is 0 Å². The second-order valence-electron chi connectivity index (χ2n) is 6.18. The van der Waals surface area contributed by atoms with Crippen molar-refractivity contribution >= 4 is 22.7 Å². The molecular formula is C24H16N2. The number of fused-ring (bicyclic) bond motifs is 1. The van der Waals surface area contributed by atoms with Crippen molar-refractivity contribution in [1.82, 2.24) is 0 Å². The maximum absolute atomic E-state index is 3.13. The average molecular weight is 332 g/mol. The Morgan fingerprint density at radius 1 is 0.462 bits per heavy atom. The monoisotopic (exact) mass is 332 g/mol. The van der Waals surface area contributed by atoms with Gasteiger partial charge in [0.1, 0.15) is 0 Å². The lowest BCUT2D eigenvalue weighted by Crippen LogP contribution is -2.30. The highest BCUT2D eigenvalue weighted by atomic mass is 15.3. The van der Waals surface area contributed by atoms with Crippen molar-refractivity contribution in [1.29, 1.82) is 0 Å². The van der Waals surface area contributed by atoms with Gasteiger partial charge >= 0.3 is 0 Å². The van der Waals surface area contributed by atoms with Crippen LogP contribution in [0.3, 0.4) is 0 Å². The Kier molecular flexibility index (Phi) is 3.37. The summed E-state index contributed by atoms with van der Waals surface area (Å²) in [6.07, 6.45) is 4.02. The van der Waals surface area contributed by atoms with Crippen molar-refractivity contribution in [2.75, 3.05) is 9.80 Å². The molecule has 0 saturated heterocycles. The molecule has 5 rings (SSSR count). The first-order valence-corrected chi connectivity index (χ1v) is 8.65. The number of hydrogen-bond acceptors (Lipinski definition) is 2. The normalized spacial score (nSPS) is 14.5. The zero-order valence-corrected chi connectivity index (χ0v) is 14.1. The van der Waals surface area contributed by atoms with Gasteiger partial charge in [-0.15, -0.1) is 0 Å². The molecule has 2 heteroatoms. The van der Waals surface area contributed by atoms with Crippen LogP contribution in [0.4, 0.5) is 22.7 Å². The highest BCUT2D eigenvalue weighted by molar-refractivity contribution is 5.91. The Hall–Kier alpha value is -3.70. The quantitative estimate of drug-likeness (QED) is 0.526. The van der Waals surface area contributed by atoms with E-state index in [0.29, 0.717) is 0 Å². The largest absolute Gasteiger partial charge is 0.306 e. The van der Waals surface area contributed by atoms with Gasteiger partial charge in [-0.3, -0.25) is 0 Å². The minimum atomic E-state index is 1.09. The predicted octanol–water partition coefficient (Wildman–Crippen LogP) is 6.07. The lowest BCUT2D eigenvalue weighted by molar-refractivity contribution is 1.06. The second kappa shape index (κ2) is 5.98. The lowest BCUT2D eigenvalue weighted by atomic mass is 10.0. The Bertz CT molecular complexity index is 1010. The molecule has 0 spiro atoms. The van der Waals surface area contributed by atoms with Crippen molar-refractivity contribution in [3.05, 3.63) is 120 Å². The maximum Gasteiger partial charge on any atom is 0.0794 e. The number of rotatable bonds is 2. The van der Waals surface area contributed by atoms with Crippen LogP contribution in [0.25, 0.3) is 0 Å². The number of nitrogens with zero attached hydrogens (tertiary/aromatic N) is 2. The lowest BCUT2D eigenvalue weighted by Gasteiger charge is -2.40. The third kappa shape index (κ3) is 2.22. The SMILES string of the molecule is C1=C=CC2=C(C=1)N(c1ccccc1)c1ccccc1N2c1ccccc1. The Balaban J connectivity index is 1.80. The van der Waals surface area contributed by atoms with E-state index >= 15 is 0 Å². The van der Waals surface area contributed by atoms with Crippen LogP contribution in [0.2, 0.25) is 0 Å². The van der Waals surface area contributed by atoms with E-state index in [9.17, 15) is 0 Å². The van der Waals surface area contributed by atoms with E-state index in [2.05, 4.69) is 94.1 Å². The van der Waals surface area contributed by atoms with Crippen molar-refractivity contribution in [2.24, 2.45) is 0 Å². The van der Waals surface area contributed by atoms with Gasteiger partial charge in [-0.25, -0.2) is 0 Å². The van der Waals surface area contributed by atoms with E-state index in [1.165, 1.54) is 0 Å². The smallest absolute Gasteiger partial charge is 0.0794 e. The van der Waals surface area contributed by atoms with E-state index in [0.717, 1.165) is 34.1 Å². The van der Waals surface area contributed by atoms with Crippen LogP contribution >= 0.6 is 0 Å². The highest BCUT2D eigenvalue weighted by Gasteiger charge is 2.30. The Morgan fingerprint density at radius 2 is 0.846 bits per heavy atom. The summed E-state index contributed by atoms with van der Waals surface area (Å²) >= 11 is 0. The van der Waals surface area contributed by atoms with E-state index in [4.69, 9.17) is 0 Å². The van der Waals surface area contributed by atoms with Gasteiger partial charge in [0.15, 0.2) is 0 Å². The van der Waals surface area contributed by atoms with Crippen molar-refractivity contribution in [2.45, 2.75) is 0 Å². The summed E-state index contributed by atoms with van der Waals surface area (Å²) in [6.45, 7) is 0. The first-order chi connectivity index (χ1) is 12.9. The fourth-order valence-corrected chi connectivity index (χ4v) is 3.54. The summed E-state index contributed by atoms with van der Waals surface area (Å²) in [5, 5.41) is 0. The molecule has 3 aromatic carbocycles. The Labute approximate surface area is 152 Å². The molecular weight excluding hydrogens is 316 g/mol. The molecule has 1 aliphatic heterocycles. The summed E-state index contributed by atoms with van der Waals surface area (Å²) in [4.78, 5) is 4.57. The zero-order valence-electron chi connectivity index (χ0n) is 14.1. The molecule has 2 nitrogen and oxygen atoms in total. The molecule has 1 aliphatic carbocycles. The number of para-hydroxylation sites is 4. The molecule has 0 bridgehead atoms. The summed E-state index contributed by atoms with van der Waals surface area (Å²) in [5.41, 5.74) is 13.0. The summed E-state index contributed by atoms with van der Waals surface area (Å²) < 4.78 is 0. The minimum absolute atomic E-state index is 1.09. The first kappa shape index (κ1) is 14.6. The van der Waals surface area contributed by atoms with Gasteiger partial charge in [-0.1, -0.05) is 60.0 Å². The molecule has 0 amide bonds. The van der Waals surface area contributed by atoms with Crippen LogP contribution in [0.15, 0.2) is 120 Å². The van der Waals surface area contributed by atoms with Gasteiger partial charge in [-0.2, -0.15) is 0 Å². The number of benzene rings is 3. The zero-order chi connectivity index (χ0) is 17.3. The molecule has 0 radical (unpaired) electrons. The molecule has 122 valence electrons. The molecule has 26 heavy (non-hydrogen) atoms. The standard InChI is InChI=1S/C24H16N2/c1-3-11-19(12-4-1)25-21-15-7-9-17-23(21)26(20-13-5-2-6-14-20)24-18-10-8-16-22(24)25/h1-7,9,11-18H. The Morgan fingerprint density at radius 3 is 1.27 bits per heavy atom. The van der Waals surface area contributed by atoms with Crippen LogP contribution in [-0.2, 0) is 0 Å². The van der Waals surface area contributed by atoms with Gasteiger partial charge in [0.25, 0.3) is 0 Å². The average Bonchev–Trinajstić information content (AvgIpc) is 2.73. The van der Waals surface area contributed by atoms with Gasteiger partial charge in [0, 0.05) is 23.5 Å². The number of anilines is 4. The molecule has 0 saturated carbocycles. The van der Waals surface area contributed by atoms with Crippen LogP contribution in [0, 0.1) is 0 Å². The maximum atomic E-state index is 3.13. The van der Waals surface area contributed by atoms with Gasteiger partial charge in [0.2, 0.25) is 0 Å². The number of allylic oxidation sites excluding steroid dienone is 2. The predicted molar refractivity (Wildman–Crippen MR) is 107 cm³/mol. The van der Waals surface area contributed by atoms with Crippen LogP contribution in [0.1, 0.15) is 0 Å². The summed E-state index contributed by atoms with van der Waals surface area (Å²) in [7, 11) is 0.